The van der Waals surface area contributed by atoms with Crippen molar-refractivity contribution in [2.24, 2.45) is 0 Å². The van der Waals surface area contributed by atoms with E-state index >= 15 is 0 Å². The van der Waals surface area contributed by atoms with Gasteiger partial charge in [0.05, 0.1) is 11.6 Å². The van der Waals surface area contributed by atoms with Crippen molar-refractivity contribution in [3.05, 3.63) is 77.2 Å². The van der Waals surface area contributed by atoms with Crippen molar-refractivity contribution in [3.8, 4) is 0 Å². The van der Waals surface area contributed by atoms with Gasteiger partial charge in [0.15, 0.2) is 0 Å². The van der Waals surface area contributed by atoms with Crippen molar-refractivity contribution >= 4 is 17.4 Å². The Morgan fingerprint density at radius 2 is 1.62 bits per heavy atom. The Kier molecular flexibility index (Phi) is 5.18. The van der Waals surface area contributed by atoms with E-state index in [1.165, 1.54) is 11.1 Å². The zero-order valence-electron chi connectivity index (χ0n) is 14.6. The largest absolute Gasteiger partial charge is 0.354 e. The number of nitrogens with zero attached hydrogens (tertiary/aromatic N) is 5. The Bertz CT molecular complexity index is 806. The van der Waals surface area contributed by atoms with Gasteiger partial charge in [0.1, 0.15) is 5.82 Å². The van der Waals surface area contributed by atoms with Crippen LogP contribution in [0.2, 0.25) is 5.02 Å². The van der Waals surface area contributed by atoms with Crippen LogP contribution in [0.5, 0.6) is 0 Å². The Morgan fingerprint density at radius 1 is 0.885 bits per heavy atom. The molecule has 1 aromatic carbocycles. The Labute approximate surface area is 158 Å². The molecule has 0 saturated carbocycles. The second-order valence-corrected chi connectivity index (χ2v) is 7.05. The molecule has 2 aromatic heterocycles. The number of halogens is 1. The first-order chi connectivity index (χ1) is 12.8. The summed E-state index contributed by atoms with van der Waals surface area (Å²) in [6, 6.07) is 14.7. The molecule has 0 unspecified atom stereocenters. The van der Waals surface area contributed by atoms with E-state index in [1.807, 2.05) is 35.3 Å². The summed E-state index contributed by atoms with van der Waals surface area (Å²) in [6.45, 7) is 5.88. The van der Waals surface area contributed by atoms with E-state index < -0.39 is 0 Å². The van der Waals surface area contributed by atoms with Crippen LogP contribution < -0.4 is 4.90 Å². The fraction of sp³-hybridized carbons (Fsp3) is 0.300. The fourth-order valence-electron chi connectivity index (χ4n) is 3.28. The van der Waals surface area contributed by atoms with Crippen LogP contribution in [0.1, 0.15) is 11.1 Å². The van der Waals surface area contributed by atoms with Crippen LogP contribution in [0.15, 0.2) is 61.1 Å². The summed E-state index contributed by atoms with van der Waals surface area (Å²) in [5.41, 5.74) is 2.63. The number of aromatic nitrogens is 3. The number of rotatable bonds is 5. The fourth-order valence-corrected chi connectivity index (χ4v) is 3.39. The Hall–Kier alpha value is -2.37. The average Bonchev–Trinajstić information content (AvgIpc) is 3.18. The minimum atomic E-state index is 0.684. The summed E-state index contributed by atoms with van der Waals surface area (Å²) < 4.78 is 1.94. The van der Waals surface area contributed by atoms with E-state index in [0.29, 0.717) is 5.02 Å². The van der Waals surface area contributed by atoms with Gasteiger partial charge < -0.3 is 4.90 Å². The van der Waals surface area contributed by atoms with Crippen LogP contribution >= 0.6 is 11.6 Å². The van der Waals surface area contributed by atoms with Gasteiger partial charge in [-0.2, -0.15) is 5.10 Å². The number of hydrogen-bond acceptors (Lipinski definition) is 4. The second-order valence-electron chi connectivity index (χ2n) is 6.62. The molecule has 0 atom stereocenters. The molecule has 1 fully saturated rings. The first kappa shape index (κ1) is 17.1. The first-order valence-corrected chi connectivity index (χ1v) is 9.28. The normalized spacial score (nSPS) is 15.3. The number of benzene rings is 1. The lowest BCUT2D eigenvalue weighted by molar-refractivity contribution is 0.249. The third-order valence-electron chi connectivity index (χ3n) is 4.74. The highest BCUT2D eigenvalue weighted by molar-refractivity contribution is 6.30. The summed E-state index contributed by atoms with van der Waals surface area (Å²) in [5, 5.41) is 4.94. The standard InChI is InChI=1S/C20H22ClN5/c21-19-6-7-20(22-14-19)25-12-10-24(11-13-25)15-17-2-4-18(5-3-17)16-26-9-1-8-23-26/h1-9,14H,10-13,15-16H2. The van der Waals surface area contributed by atoms with Crippen LogP contribution in [0.4, 0.5) is 5.82 Å². The molecular formula is C20H22ClN5. The molecule has 1 saturated heterocycles. The Morgan fingerprint density at radius 3 is 2.23 bits per heavy atom. The highest BCUT2D eigenvalue weighted by atomic mass is 35.5. The maximum Gasteiger partial charge on any atom is 0.128 e. The van der Waals surface area contributed by atoms with E-state index in [1.54, 1.807) is 6.20 Å². The van der Waals surface area contributed by atoms with Gasteiger partial charge in [0, 0.05) is 51.3 Å². The molecule has 0 spiro atoms. The average molecular weight is 368 g/mol. The topological polar surface area (TPSA) is 37.2 Å². The molecule has 26 heavy (non-hydrogen) atoms. The van der Waals surface area contributed by atoms with Crippen LogP contribution in [-0.2, 0) is 13.1 Å². The highest BCUT2D eigenvalue weighted by Gasteiger charge is 2.18. The molecule has 0 N–H and O–H groups in total. The molecule has 4 rings (SSSR count). The van der Waals surface area contributed by atoms with Gasteiger partial charge >= 0.3 is 0 Å². The summed E-state index contributed by atoms with van der Waals surface area (Å²) in [5.74, 6) is 1.01. The van der Waals surface area contributed by atoms with Crippen molar-refractivity contribution in [2.75, 3.05) is 31.1 Å². The zero-order valence-corrected chi connectivity index (χ0v) is 15.4. The van der Waals surface area contributed by atoms with Crippen molar-refractivity contribution in [1.82, 2.24) is 19.7 Å². The third-order valence-corrected chi connectivity index (χ3v) is 4.96. The molecule has 0 radical (unpaired) electrons. The van der Waals surface area contributed by atoms with Gasteiger partial charge in [-0.15, -0.1) is 0 Å². The highest BCUT2D eigenvalue weighted by Crippen LogP contribution is 2.17. The van der Waals surface area contributed by atoms with E-state index in [0.717, 1.165) is 45.1 Å². The zero-order chi connectivity index (χ0) is 17.8. The molecule has 6 heteroatoms. The summed E-state index contributed by atoms with van der Waals surface area (Å²) in [7, 11) is 0. The molecule has 0 amide bonds. The maximum atomic E-state index is 5.92. The number of piperazine rings is 1. The molecular weight excluding hydrogens is 346 g/mol. The van der Waals surface area contributed by atoms with Gasteiger partial charge in [-0.05, 0) is 29.3 Å². The van der Waals surface area contributed by atoms with Crippen LogP contribution in [0, 0.1) is 0 Å². The van der Waals surface area contributed by atoms with Gasteiger partial charge in [0.25, 0.3) is 0 Å². The minimum absolute atomic E-state index is 0.684. The predicted molar refractivity (Wildman–Crippen MR) is 105 cm³/mol. The lowest BCUT2D eigenvalue weighted by Gasteiger charge is -2.35. The molecule has 0 aliphatic carbocycles. The van der Waals surface area contributed by atoms with E-state index in [9.17, 15) is 0 Å². The predicted octanol–water partition coefficient (Wildman–Crippen LogP) is 3.30. The number of anilines is 1. The molecule has 134 valence electrons. The minimum Gasteiger partial charge on any atom is -0.354 e. The molecule has 1 aliphatic rings. The van der Waals surface area contributed by atoms with Gasteiger partial charge in [-0.3, -0.25) is 9.58 Å². The molecule has 3 heterocycles. The first-order valence-electron chi connectivity index (χ1n) is 8.90. The lowest BCUT2D eigenvalue weighted by atomic mass is 10.1. The summed E-state index contributed by atoms with van der Waals surface area (Å²) in [4.78, 5) is 9.23. The number of pyridine rings is 1. The maximum absolute atomic E-state index is 5.92. The van der Waals surface area contributed by atoms with Crippen molar-refractivity contribution in [2.45, 2.75) is 13.1 Å². The van der Waals surface area contributed by atoms with Crippen molar-refractivity contribution < 1.29 is 0 Å². The molecule has 1 aliphatic heterocycles. The van der Waals surface area contributed by atoms with E-state index in [-0.39, 0.29) is 0 Å². The van der Waals surface area contributed by atoms with Gasteiger partial charge in [-0.1, -0.05) is 35.9 Å². The Balaban J connectivity index is 1.29. The number of hydrogen-bond donors (Lipinski definition) is 0. The second kappa shape index (κ2) is 7.89. The smallest absolute Gasteiger partial charge is 0.128 e. The van der Waals surface area contributed by atoms with Crippen molar-refractivity contribution in [1.29, 1.82) is 0 Å². The lowest BCUT2D eigenvalue weighted by Crippen LogP contribution is -2.46. The van der Waals surface area contributed by atoms with E-state index in [2.05, 4.69) is 44.1 Å². The molecule has 5 nitrogen and oxygen atoms in total. The molecule has 3 aromatic rings. The summed E-state index contributed by atoms with van der Waals surface area (Å²) in [6.07, 6.45) is 5.52. The monoisotopic (exact) mass is 367 g/mol. The van der Waals surface area contributed by atoms with E-state index in [4.69, 9.17) is 11.6 Å². The SMILES string of the molecule is Clc1ccc(N2CCN(Cc3ccc(Cn4cccn4)cc3)CC2)nc1. The van der Waals surface area contributed by atoms with Crippen LogP contribution in [0.3, 0.4) is 0 Å². The third kappa shape index (κ3) is 4.23. The molecule has 0 bridgehead atoms. The van der Waals surface area contributed by atoms with Gasteiger partial charge in [-0.25, -0.2) is 4.98 Å². The van der Waals surface area contributed by atoms with Crippen LogP contribution in [-0.4, -0.2) is 45.8 Å². The van der Waals surface area contributed by atoms with Gasteiger partial charge in [0.2, 0.25) is 0 Å². The summed E-state index contributed by atoms with van der Waals surface area (Å²) >= 11 is 5.92. The van der Waals surface area contributed by atoms with Crippen LogP contribution in [0.25, 0.3) is 0 Å². The van der Waals surface area contributed by atoms with Crippen molar-refractivity contribution in [3.63, 3.8) is 0 Å². The quantitative estimate of drug-likeness (QED) is 0.693.